The fourth-order valence-corrected chi connectivity index (χ4v) is 2.55. The molecule has 2 N–H and O–H groups in total. The summed E-state index contributed by atoms with van der Waals surface area (Å²) in [5, 5.41) is 6.59. The fourth-order valence-electron chi connectivity index (χ4n) is 2.55. The van der Waals surface area contributed by atoms with Crippen molar-refractivity contribution in [1.29, 1.82) is 0 Å². The lowest BCUT2D eigenvalue weighted by atomic mass is 10.2. The molecule has 3 rings (SSSR count). The van der Waals surface area contributed by atoms with Gasteiger partial charge in [-0.1, -0.05) is 18.2 Å². The molecular weight excluding hydrogens is 408 g/mol. The number of hydrogen-bond donors (Lipinski definition) is 2. The van der Waals surface area contributed by atoms with Crippen LogP contribution in [0.15, 0.2) is 77.0 Å². The SMILES string of the molecule is COc1ccc(/C=N\NC(=O)C(/C=N/c2nccc(C)n2)NC(=O)c2ccccc2)cc1. The average molecular weight is 430 g/mol. The minimum absolute atomic E-state index is 0.179. The summed E-state index contributed by atoms with van der Waals surface area (Å²) in [5.74, 6) is -0.111. The van der Waals surface area contributed by atoms with E-state index in [1.54, 1.807) is 80.9 Å². The molecule has 0 bridgehead atoms. The average Bonchev–Trinajstić information content (AvgIpc) is 2.82. The Balaban J connectivity index is 1.72. The maximum absolute atomic E-state index is 12.7. The van der Waals surface area contributed by atoms with Crippen LogP contribution in [0, 0.1) is 6.92 Å². The Morgan fingerprint density at radius 3 is 2.50 bits per heavy atom. The van der Waals surface area contributed by atoms with Crippen molar-refractivity contribution in [1.82, 2.24) is 20.7 Å². The van der Waals surface area contributed by atoms with Crippen LogP contribution in [0.3, 0.4) is 0 Å². The zero-order chi connectivity index (χ0) is 22.8. The van der Waals surface area contributed by atoms with Crippen molar-refractivity contribution in [3.63, 3.8) is 0 Å². The van der Waals surface area contributed by atoms with Crippen molar-refractivity contribution in [2.24, 2.45) is 10.1 Å². The van der Waals surface area contributed by atoms with Gasteiger partial charge in [0.2, 0.25) is 5.95 Å². The first-order valence-corrected chi connectivity index (χ1v) is 9.72. The second kappa shape index (κ2) is 11.1. The quantitative estimate of drug-likeness (QED) is 0.420. The number of aryl methyl sites for hydroxylation is 1. The summed E-state index contributed by atoms with van der Waals surface area (Å²) >= 11 is 0. The molecule has 0 saturated carbocycles. The second-order valence-electron chi connectivity index (χ2n) is 6.60. The molecule has 0 aliphatic carbocycles. The molecule has 9 nitrogen and oxygen atoms in total. The molecule has 162 valence electrons. The maximum Gasteiger partial charge on any atom is 0.268 e. The fraction of sp³-hybridized carbons (Fsp3) is 0.130. The van der Waals surface area contributed by atoms with Crippen molar-refractivity contribution in [3.05, 3.63) is 83.7 Å². The molecular formula is C23H22N6O3. The van der Waals surface area contributed by atoms with Crippen molar-refractivity contribution >= 4 is 30.2 Å². The van der Waals surface area contributed by atoms with Crippen LogP contribution in [0.25, 0.3) is 0 Å². The first-order chi connectivity index (χ1) is 15.5. The number of carbonyl (C=O) groups excluding carboxylic acids is 2. The molecule has 1 unspecified atom stereocenters. The van der Waals surface area contributed by atoms with E-state index in [0.29, 0.717) is 11.3 Å². The summed E-state index contributed by atoms with van der Waals surface area (Å²) < 4.78 is 5.11. The van der Waals surface area contributed by atoms with Gasteiger partial charge in [0.25, 0.3) is 11.8 Å². The Kier molecular flexibility index (Phi) is 7.74. The molecule has 0 aliphatic heterocycles. The molecule has 9 heteroatoms. The molecule has 1 aromatic heterocycles. The summed E-state index contributed by atoms with van der Waals surface area (Å²) in [6.45, 7) is 1.80. The zero-order valence-corrected chi connectivity index (χ0v) is 17.6. The number of methoxy groups -OCH3 is 1. The number of amides is 2. The first-order valence-electron chi connectivity index (χ1n) is 9.72. The molecule has 0 spiro atoms. The number of nitrogens with zero attached hydrogens (tertiary/aromatic N) is 4. The highest BCUT2D eigenvalue weighted by Gasteiger charge is 2.19. The van der Waals surface area contributed by atoms with Gasteiger partial charge in [-0.25, -0.2) is 20.4 Å². The highest BCUT2D eigenvalue weighted by atomic mass is 16.5. The van der Waals surface area contributed by atoms with E-state index in [1.165, 1.54) is 12.4 Å². The Morgan fingerprint density at radius 2 is 1.81 bits per heavy atom. The third-order valence-corrected chi connectivity index (χ3v) is 4.23. The zero-order valence-electron chi connectivity index (χ0n) is 17.6. The molecule has 32 heavy (non-hydrogen) atoms. The van der Waals surface area contributed by atoms with Gasteiger partial charge in [0.1, 0.15) is 11.8 Å². The van der Waals surface area contributed by atoms with E-state index in [9.17, 15) is 9.59 Å². The summed E-state index contributed by atoms with van der Waals surface area (Å²) in [5.41, 5.74) is 4.32. The molecule has 3 aromatic rings. The highest BCUT2D eigenvalue weighted by molar-refractivity contribution is 6.05. The lowest BCUT2D eigenvalue weighted by molar-refractivity contribution is -0.121. The summed E-state index contributed by atoms with van der Waals surface area (Å²) in [4.78, 5) is 37.6. The molecule has 1 atom stereocenters. The largest absolute Gasteiger partial charge is 0.497 e. The monoisotopic (exact) mass is 430 g/mol. The number of nitrogens with one attached hydrogen (secondary N) is 2. The van der Waals surface area contributed by atoms with Gasteiger partial charge in [0.05, 0.1) is 13.3 Å². The number of hydrogen-bond acceptors (Lipinski definition) is 7. The van der Waals surface area contributed by atoms with Crippen LogP contribution in [0.5, 0.6) is 5.75 Å². The van der Waals surface area contributed by atoms with Crippen LogP contribution in [-0.4, -0.2) is 47.4 Å². The number of hydrazone groups is 1. The summed E-state index contributed by atoms with van der Waals surface area (Å²) in [7, 11) is 1.58. The number of carbonyl (C=O) groups is 2. The van der Waals surface area contributed by atoms with Crippen molar-refractivity contribution in [2.75, 3.05) is 7.11 Å². The maximum atomic E-state index is 12.7. The van der Waals surface area contributed by atoms with Crippen molar-refractivity contribution in [3.8, 4) is 5.75 Å². The third-order valence-electron chi connectivity index (χ3n) is 4.23. The molecule has 1 heterocycles. The lowest BCUT2D eigenvalue weighted by Gasteiger charge is -2.13. The standard InChI is InChI=1S/C23H22N6O3/c1-16-12-13-24-23(27-16)25-15-20(28-21(30)18-6-4-3-5-7-18)22(31)29-26-14-17-8-10-19(32-2)11-9-17/h3-15,20H,1-2H3,(H,28,30)(H,29,31)/b25-15+,26-14-. The normalized spacial score (nSPS) is 11.9. The Hall–Kier alpha value is -4.40. The van der Waals surface area contributed by atoms with Gasteiger partial charge in [0, 0.05) is 23.7 Å². The van der Waals surface area contributed by atoms with Gasteiger partial charge in [-0.15, -0.1) is 0 Å². The number of ether oxygens (including phenoxy) is 1. The number of aromatic nitrogens is 2. The van der Waals surface area contributed by atoms with Crippen LogP contribution in [-0.2, 0) is 4.79 Å². The van der Waals surface area contributed by atoms with E-state index >= 15 is 0 Å². The van der Waals surface area contributed by atoms with Crippen molar-refractivity contribution in [2.45, 2.75) is 13.0 Å². The van der Waals surface area contributed by atoms with E-state index < -0.39 is 17.9 Å². The molecule has 0 aliphatic rings. The molecule has 0 fully saturated rings. The topological polar surface area (TPSA) is 118 Å². The van der Waals surface area contributed by atoms with Gasteiger partial charge >= 0.3 is 0 Å². The van der Waals surface area contributed by atoms with Crippen LogP contribution in [0.1, 0.15) is 21.6 Å². The van der Waals surface area contributed by atoms with E-state index in [1.807, 2.05) is 0 Å². The van der Waals surface area contributed by atoms with E-state index in [2.05, 4.69) is 30.8 Å². The minimum atomic E-state index is -1.10. The smallest absolute Gasteiger partial charge is 0.268 e. The predicted molar refractivity (Wildman–Crippen MR) is 121 cm³/mol. The lowest BCUT2D eigenvalue weighted by Crippen LogP contribution is -2.46. The van der Waals surface area contributed by atoms with Gasteiger partial charge in [0.15, 0.2) is 0 Å². The molecule has 0 radical (unpaired) electrons. The van der Waals surface area contributed by atoms with Gasteiger partial charge < -0.3 is 10.1 Å². The van der Waals surface area contributed by atoms with Gasteiger partial charge in [-0.3, -0.25) is 9.59 Å². The number of benzene rings is 2. The summed E-state index contributed by atoms with van der Waals surface area (Å²) in [6.07, 6.45) is 4.31. The number of aliphatic imine (C=N–C) groups is 1. The van der Waals surface area contributed by atoms with E-state index in [-0.39, 0.29) is 5.95 Å². The van der Waals surface area contributed by atoms with Gasteiger partial charge in [-0.2, -0.15) is 5.10 Å². The van der Waals surface area contributed by atoms with E-state index in [0.717, 1.165) is 11.3 Å². The Bertz CT molecular complexity index is 1110. The van der Waals surface area contributed by atoms with E-state index in [4.69, 9.17) is 4.74 Å². The Morgan fingerprint density at radius 1 is 1.06 bits per heavy atom. The molecule has 0 saturated heterocycles. The summed E-state index contributed by atoms with van der Waals surface area (Å²) in [6, 6.07) is 16.3. The van der Waals surface area contributed by atoms with Crippen LogP contribution in [0.4, 0.5) is 5.95 Å². The van der Waals surface area contributed by atoms with Crippen molar-refractivity contribution < 1.29 is 14.3 Å². The third kappa shape index (κ3) is 6.56. The molecule has 2 amide bonds. The van der Waals surface area contributed by atoms with Gasteiger partial charge in [-0.05, 0) is 55.0 Å². The molecule has 2 aromatic carbocycles. The highest BCUT2D eigenvalue weighted by Crippen LogP contribution is 2.09. The Labute approximate surface area is 185 Å². The minimum Gasteiger partial charge on any atom is -0.497 e. The number of rotatable bonds is 8. The van der Waals surface area contributed by atoms with Crippen LogP contribution >= 0.6 is 0 Å². The van der Waals surface area contributed by atoms with Crippen LogP contribution < -0.4 is 15.5 Å². The second-order valence-corrected chi connectivity index (χ2v) is 6.60. The first kappa shape index (κ1) is 22.3. The van der Waals surface area contributed by atoms with Crippen LogP contribution in [0.2, 0.25) is 0 Å². The predicted octanol–water partition coefficient (Wildman–Crippen LogP) is 2.44.